The van der Waals surface area contributed by atoms with Crippen LogP contribution in [0, 0.1) is 18.3 Å². The minimum Gasteiger partial charge on any atom is -0.488 e. The first-order chi connectivity index (χ1) is 20.5. The van der Waals surface area contributed by atoms with E-state index in [4.69, 9.17) is 19.2 Å². The van der Waals surface area contributed by atoms with E-state index in [0.29, 0.717) is 32.2 Å². The molecule has 3 aromatic rings. The van der Waals surface area contributed by atoms with Crippen molar-refractivity contribution in [2.45, 2.75) is 72.6 Å². The second kappa shape index (κ2) is 11.4. The molecule has 1 saturated carbocycles. The minimum atomic E-state index is -0.524. The van der Waals surface area contributed by atoms with Crippen molar-refractivity contribution >= 4 is 28.5 Å². The van der Waals surface area contributed by atoms with Crippen LogP contribution in [0.5, 0.6) is 5.75 Å². The Kier molecular flexibility index (Phi) is 7.83. The van der Waals surface area contributed by atoms with Crippen LogP contribution in [0.4, 0.5) is 9.93 Å². The number of nitrogens with zero attached hydrogens (tertiary/aromatic N) is 4. The Morgan fingerprint density at radius 2 is 2.02 bits per heavy atom. The number of pyridine rings is 1. The Balaban J connectivity index is 1.11. The molecule has 0 bridgehead atoms. The molecule has 0 N–H and O–H groups in total. The molecule has 9 nitrogen and oxygen atoms in total. The Bertz CT molecular complexity index is 1530. The number of rotatable bonds is 7. The van der Waals surface area contributed by atoms with E-state index < -0.39 is 5.60 Å². The summed E-state index contributed by atoms with van der Waals surface area (Å²) in [5.41, 5.74) is 5.22. The summed E-state index contributed by atoms with van der Waals surface area (Å²) < 4.78 is 17.2. The smallest absolute Gasteiger partial charge is 0.410 e. The molecule has 2 atom stereocenters. The molecule has 3 aliphatic rings. The third-order valence-electron chi connectivity index (χ3n) is 8.51. The van der Waals surface area contributed by atoms with Crippen molar-refractivity contribution in [2.75, 3.05) is 31.1 Å². The van der Waals surface area contributed by atoms with Gasteiger partial charge in [0.1, 0.15) is 18.0 Å². The minimum absolute atomic E-state index is 0.0297. The number of fused-ring (bicyclic) bond motifs is 2. The number of ether oxygens (including phenoxy) is 3. The maximum Gasteiger partial charge on any atom is 0.410 e. The Hall–Kier alpha value is -3.66. The molecule has 1 aromatic carbocycles. The number of hydrogen-bond acceptors (Lipinski definition) is 9. The average Bonchev–Trinajstić information content (AvgIpc) is 3.52. The van der Waals surface area contributed by atoms with Crippen LogP contribution in [0.15, 0.2) is 35.8 Å². The van der Waals surface area contributed by atoms with E-state index in [-0.39, 0.29) is 17.5 Å². The fraction of sp³-hybridized carbons (Fsp3) is 0.515. The third-order valence-corrected chi connectivity index (χ3v) is 9.41. The molecule has 0 radical (unpaired) electrons. The molecular formula is C33H40N4O5S. The zero-order valence-electron chi connectivity index (χ0n) is 25.6. The highest BCUT2D eigenvalue weighted by atomic mass is 32.1. The number of esters is 1. The summed E-state index contributed by atoms with van der Waals surface area (Å²) in [7, 11) is 0. The van der Waals surface area contributed by atoms with Crippen LogP contribution in [0.1, 0.15) is 62.9 Å². The van der Waals surface area contributed by atoms with Gasteiger partial charge in [0.05, 0.1) is 30.0 Å². The molecule has 1 unspecified atom stereocenters. The fourth-order valence-corrected chi connectivity index (χ4v) is 6.97. The highest BCUT2D eigenvalue weighted by Gasteiger charge is 2.63. The zero-order chi connectivity index (χ0) is 30.4. The van der Waals surface area contributed by atoms with Gasteiger partial charge in [-0.1, -0.05) is 11.6 Å². The van der Waals surface area contributed by atoms with Crippen LogP contribution < -0.4 is 9.64 Å². The number of benzene rings is 1. The number of amides is 1. The first-order valence-corrected chi connectivity index (χ1v) is 16.0. The number of piperidine rings is 1. The van der Waals surface area contributed by atoms with Gasteiger partial charge in [-0.15, -0.1) is 11.3 Å². The first-order valence-electron chi connectivity index (χ1n) is 15.1. The van der Waals surface area contributed by atoms with E-state index in [9.17, 15) is 9.59 Å². The summed E-state index contributed by atoms with van der Waals surface area (Å²) in [4.78, 5) is 38.7. The summed E-state index contributed by atoms with van der Waals surface area (Å²) in [5.74, 6) is 1.09. The number of hydrogen-bond donors (Lipinski definition) is 0. The van der Waals surface area contributed by atoms with Gasteiger partial charge in [-0.05, 0) is 83.6 Å². The van der Waals surface area contributed by atoms with Gasteiger partial charge in [-0.2, -0.15) is 0 Å². The van der Waals surface area contributed by atoms with Gasteiger partial charge in [-0.3, -0.25) is 9.78 Å². The summed E-state index contributed by atoms with van der Waals surface area (Å²) in [6.45, 7) is 13.1. The summed E-state index contributed by atoms with van der Waals surface area (Å²) in [6, 6.07) is 8.31. The molecule has 1 amide bonds. The number of aromatic nitrogens is 2. The van der Waals surface area contributed by atoms with Gasteiger partial charge in [0.25, 0.3) is 0 Å². The summed E-state index contributed by atoms with van der Waals surface area (Å²) in [5, 5.41) is 3.07. The quantitative estimate of drug-likeness (QED) is 0.296. The predicted molar refractivity (Wildman–Crippen MR) is 165 cm³/mol. The fourth-order valence-electron chi connectivity index (χ4n) is 6.11. The normalized spacial score (nSPS) is 21.1. The van der Waals surface area contributed by atoms with Crippen molar-refractivity contribution in [3.63, 3.8) is 0 Å². The molecule has 4 heterocycles. The monoisotopic (exact) mass is 604 g/mol. The van der Waals surface area contributed by atoms with Crippen molar-refractivity contribution in [1.29, 1.82) is 0 Å². The summed E-state index contributed by atoms with van der Waals surface area (Å²) >= 11 is 1.63. The Morgan fingerprint density at radius 3 is 2.79 bits per heavy atom. The van der Waals surface area contributed by atoms with Crippen molar-refractivity contribution in [3.8, 4) is 17.0 Å². The number of aryl methyl sites for hydroxylation is 1. The molecular weight excluding hydrogens is 564 g/mol. The van der Waals surface area contributed by atoms with Crippen molar-refractivity contribution in [3.05, 3.63) is 58.2 Å². The van der Waals surface area contributed by atoms with E-state index in [1.165, 1.54) is 0 Å². The van der Waals surface area contributed by atoms with E-state index in [1.807, 2.05) is 40.0 Å². The van der Waals surface area contributed by atoms with Crippen molar-refractivity contribution in [2.24, 2.45) is 11.3 Å². The lowest BCUT2D eigenvalue weighted by Crippen LogP contribution is -2.40. The van der Waals surface area contributed by atoms with Crippen molar-refractivity contribution < 1.29 is 23.8 Å². The molecule has 0 spiro atoms. The van der Waals surface area contributed by atoms with Crippen LogP contribution in [0.25, 0.3) is 11.3 Å². The molecule has 43 heavy (non-hydrogen) atoms. The third kappa shape index (κ3) is 6.20. The molecule has 1 saturated heterocycles. The topological polar surface area (TPSA) is 94.1 Å². The van der Waals surface area contributed by atoms with E-state index in [2.05, 4.69) is 40.4 Å². The predicted octanol–water partition coefficient (Wildman–Crippen LogP) is 6.17. The first kappa shape index (κ1) is 29.4. The van der Waals surface area contributed by atoms with Gasteiger partial charge in [-0.25, -0.2) is 9.78 Å². The van der Waals surface area contributed by atoms with Gasteiger partial charge in [0.15, 0.2) is 5.13 Å². The van der Waals surface area contributed by atoms with Gasteiger partial charge in [0.2, 0.25) is 0 Å². The molecule has 1 aliphatic carbocycles. The number of carbonyl (C=O) groups excluding carboxylic acids is 2. The maximum absolute atomic E-state index is 12.5. The molecule has 6 rings (SSSR count). The Labute approximate surface area is 257 Å². The summed E-state index contributed by atoms with van der Waals surface area (Å²) in [6.07, 6.45) is 3.98. The zero-order valence-corrected chi connectivity index (χ0v) is 26.5. The number of anilines is 1. The van der Waals surface area contributed by atoms with Gasteiger partial charge < -0.3 is 24.0 Å². The van der Waals surface area contributed by atoms with Crippen LogP contribution in [-0.4, -0.2) is 58.8 Å². The van der Waals surface area contributed by atoms with E-state index in [1.54, 1.807) is 16.2 Å². The standard InChI is InChI=1S/C33H40N4O5S/c1-6-40-29(38)33-10-12-36(17-24(33)15-33)30-35-27(20-43-30)25-13-21(2)7-8-28(25)41-19-22-14-23-9-11-37(18-26(23)34-16-22)31(39)42-32(3,4)5/h7-8,13-14,16,20,24H,6,9-12,15,17-19H2,1-5H3/t24?,33-/m1/s1. The van der Waals surface area contributed by atoms with Crippen LogP contribution in [0.3, 0.4) is 0 Å². The molecule has 2 aliphatic heterocycles. The van der Waals surface area contributed by atoms with E-state index in [0.717, 1.165) is 76.9 Å². The second-order valence-corrected chi connectivity index (χ2v) is 13.7. The lowest BCUT2D eigenvalue weighted by Gasteiger charge is -2.30. The number of carbonyl (C=O) groups is 2. The molecule has 228 valence electrons. The highest BCUT2D eigenvalue weighted by Crippen LogP contribution is 2.59. The molecule has 2 aromatic heterocycles. The second-order valence-electron chi connectivity index (χ2n) is 12.9. The van der Waals surface area contributed by atoms with Gasteiger partial charge in [0, 0.05) is 42.3 Å². The lowest BCUT2D eigenvalue weighted by molar-refractivity contribution is -0.150. The van der Waals surface area contributed by atoms with Crippen LogP contribution >= 0.6 is 11.3 Å². The molecule has 2 fully saturated rings. The van der Waals surface area contributed by atoms with Gasteiger partial charge >= 0.3 is 12.1 Å². The number of thiazole rings is 1. The largest absolute Gasteiger partial charge is 0.488 e. The maximum atomic E-state index is 12.5. The van der Waals surface area contributed by atoms with Crippen LogP contribution in [-0.2, 0) is 33.8 Å². The van der Waals surface area contributed by atoms with Crippen LogP contribution in [0.2, 0.25) is 0 Å². The lowest BCUT2D eigenvalue weighted by atomic mass is 9.95. The Morgan fingerprint density at radius 1 is 1.19 bits per heavy atom. The molecule has 10 heteroatoms. The average molecular weight is 605 g/mol. The van der Waals surface area contributed by atoms with Crippen molar-refractivity contribution in [1.82, 2.24) is 14.9 Å². The van der Waals surface area contributed by atoms with E-state index >= 15 is 0 Å². The highest BCUT2D eigenvalue weighted by molar-refractivity contribution is 7.14. The SMILES string of the molecule is CCOC(=O)[C@@]12CCN(c3nc(-c4cc(C)ccc4OCc4cnc5c(c4)CCN(C(=O)OC(C)(C)C)C5)cs3)CC1C2.